The van der Waals surface area contributed by atoms with E-state index in [9.17, 15) is 14.4 Å². The minimum Gasteiger partial charge on any atom is -0.462 e. The highest BCUT2D eigenvalue weighted by atomic mass is 79.9. The van der Waals surface area contributed by atoms with Crippen LogP contribution in [-0.4, -0.2) is 23.9 Å². The summed E-state index contributed by atoms with van der Waals surface area (Å²) in [5.74, 6) is -0.108. The molecule has 42 heavy (non-hydrogen) atoms. The second-order valence-electron chi connectivity index (χ2n) is 11.7. The molecule has 0 unspecified atom stereocenters. The van der Waals surface area contributed by atoms with Crippen LogP contribution in [0.5, 0.6) is 0 Å². The number of amides is 2. The van der Waals surface area contributed by atoms with Gasteiger partial charge in [0.15, 0.2) is 0 Å². The summed E-state index contributed by atoms with van der Waals surface area (Å²) in [6.45, 7) is 6.42. The van der Waals surface area contributed by atoms with Crippen LogP contribution in [0.1, 0.15) is 104 Å². The Hall–Kier alpha value is -2.19. The molecular weight excluding hydrogens is 660 g/mol. The number of nitrogens with one attached hydrogen (secondary N) is 2. The van der Waals surface area contributed by atoms with Crippen molar-refractivity contribution in [3.8, 4) is 0 Å². The van der Waals surface area contributed by atoms with Crippen LogP contribution in [0.4, 0.5) is 11.4 Å². The first-order valence-electron chi connectivity index (χ1n) is 15.4. The van der Waals surface area contributed by atoms with E-state index < -0.39 is 6.10 Å². The fourth-order valence-corrected chi connectivity index (χ4v) is 5.32. The van der Waals surface area contributed by atoms with Crippen molar-refractivity contribution in [3.63, 3.8) is 0 Å². The standard InChI is InChI=1S/C34H48Br2N2O4/c1-25(2)12-10-8-6-4-5-7-9-11-13-31(24-33(40)38-30-20-16-28(36)17-21-30)42-34(41)23-26(3)22-32(39)37-29-18-14-27(35)15-19-29/h14-21,25-26,31H,4-13,22-24H2,1-3H3,(H,37,39)(H,38,40)/t26-,31+/m1/s1. The molecule has 0 saturated heterocycles. The fraction of sp³-hybridized carbons (Fsp3) is 0.559. The smallest absolute Gasteiger partial charge is 0.306 e. The van der Waals surface area contributed by atoms with E-state index in [2.05, 4.69) is 56.3 Å². The van der Waals surface area contributed by atoms with Gasteiger partial charge in [-0.1, -0.05) is 104 Å². The Kier molecular flexibility index (Phi) is 17.7. The minimum atomic E-state index is -0.493. The maximum absolute atomic E-state index is 12.8. The summed E-state index contributed by atoms with van der Waals surface area (Å²) in [5, 5.41) is 5.76. The summed E-state index contributed by atoms with van der Waals surface area (Å²) < 4.78 is 7.68. The molecule has 0 saturated carbocycles. The number of hydrogen-bond acceptors (Lipinski definition) is 4. The van der Waals surface area contributed by atoms with Gasteiger partial charge >= 0.3 is 5.97 Å². The number of carbonyl (C=O) groups is 3. The summed E-state index contributed by atoms with van der Waals surface area (Å²) >= 11 is 6.78. The summed E-state index contributed by atoms with van der Waals surface area (Å²) in [7, 11) is 0. The van der Waals surface area contributed by atoms with Crippen LogP contribution in [0.25, 0.3) is 0 Å². The highest BCUT2D eigenvalue weighted by molar-refractivity contribution is 9.10. The lowest BCUT2D eigenvalue weighted by molar-refractivity contribution is -0.151. The largest absolute Gasteiger partial charge is 0.462 e. The Balaban J connectivity index is 1.79. The van der Waals surface area contributed by atoms with Gasteiger partial charge in [-0.15, -0.1) is 0 Å². The number of anilines is 2. The maximum atomic E-state index is 12.8. The number of carbonyl (C=O) groups excluding carboxylic acids is 3. The molecule has 0 bridgehead atoms. The molecule has 0 radical (unpaired) electrons. The minimum absolute atomic E-state index is 0.107. The van der Waals surface area contributed by atoms with Crippen molar-refractivity contribution < 1.29 is 19.1 Å². The SMILES string of the molecule is CC(C)CCCCCCCCCC[C@@H](CC(=O)Nc1ccc(Br)cc1)OC(=O)C[C@H](C)CC(=O)Nc1ccc(Br)cc1. The van der Waals surface area contributed by atoms with Gasteiger partial charge in [0.25, 0.3) is 0 Å². The highest BCUT2D eigenvalue weighted by Crippen LogP contribution is 2.20. The lowest BCUT2D eigenvalue weighted by Gasteiger charge is -2.19. The van der Waals surface area contributed by atoms with Gasteiger partial charge in [0.05, 0.1) is 6.42 Å². The van der Waals surface area contributed by atoms with Crippen LogP contribution >= 0.6 is 31.9 Å². The molecule has 0 aliphatic heterocycles. The molecule has 2 rings (SSSR count). The first-order chi connectivity index (χ1) is 20.1. The number of hydrogen-bond donors (Lipinski definition) is 2. The van der Waals surface area contributed by atoms with Crippen molar-refractivity contribution in [2.24, 2.45) is 11.8 Å². The molecule has 2 aromatic carbocycles. The van der Waals surface area contributed by atoms with E-state index in [1.807, 2.05) is 55.5 Å². The van der Waals surface area contributed by atoms with Gasteiger partial charge < -0.3 is 15.4 Å². The molecule has 0 aromatic heterocycles. The number of halogens is 2. The molecule has 0 fully saturated rings. The van der Waals surface area contributed by atoms with E-state index in [0.717, 1.165) is 34.1 Å². The number of unbranched alkanes of at least 4 members (excludes halogenated alkanes) is 7. The summed E-state index contributed by atoms with van der Waals surface area (Å²) in [4.78, 5) is 38.1. The second-order valence-corrected chi connectivity index (χ2v) is 13.6. The van der Waals surface area contributed by atoms with Crippen LogP contribution in [0.3, 0.4) is 0 Å². The van der Waals surface area contributed by atoms with Crippen LogP contribution in [0.2, 0.25) is 0 Å². The summed E-state index contributed by atoms with van der Waals surface area (Å²) in [6, 6.07) is 14.7. The first kappa shape index (κ1) is 36.0. The summed E-state index contributed by atoms with van der Waals surface area (Å²) in [6.07, 6.45) is 11.4. The van der Waals surface area contributed by atoms with Gasteiger partial charge in [-0.05, 0) is 73.2 Å². The van der Waals surface area contributed by atoms with Gasteiger partial charge in [0.2, 0.25) is 11.8 Å². The molecule has 0 aliphatic carbocycles. The maximum Gasteiger partial charge on any atom is 0.306 e. The van der Waals surface area contributed by atoms with Gasteiger partial charge in [-0.3, -0.25) is 14.4 Å². The Morgan fingerprint density at radius 1 is 0.619 bits per heavy atom. The van der Waals surface area contributed by atoms with Crippen LogP contribution in [-0.2, 0) is 19.1 Å². The van der Waals surface area contributed by atoms with Gasteiger partial charge in [0.1, 0.15) is 6.10 Å². The lowest BCUT2D eigenvalue weighted by atomic mass is 10.0. The van der Waals surface area contributed by atoms with Crippen molar-refractivity contribution in [1.29, 1.82) is 0 Å². The molecule has 0 aliphatic rings. The van der Waals surface area contributed by atoms with Crippen molar-refractivity contribution in [1.82, 2.24) is 0 Å². The lowest BCUT2D eigenvalue weighted by Crippen LogP contribution is -2.26. The van der Waals surface area contributed by atoms with Gasteiger partial charge in [-0.2, -0.15) is 0 Å². The predicted molar refractivity (Wildman–Crippen MR) is 179 cm³/mol. The quantitative estimate of drug-likeness (QED) is 0.106. The first-order valence-corrected chi connectivity index (χ1v) is 17.0. The fourth-order valence-electron chi connectivity index (χ4n) is 4.79. The molecule has 0 heterocycles. The molecular formula is C34H48Br2N2O4. The molecule has 2 atom stereocenters. The molecule has 2 N–H and O–H groups in total. The Labute approximate surface area is 269 Å². The van der Waals surface area contributed by atoms with Crippen LogP contribution < -0.4 is 10.6 Å². The van der Waals surface area contributed by atoms with E-state index in [1.165, 1.54) is 38.5 Å². The molecule has 232 valence electrons. The Morgan fingerprint density at radius 3 is 1.52 bits per heavy atom. The second kappa shape index (κ2) is 20.7. The molecule has 2 aromatic rings. The Bertz CT molecular complexity index is 1070. The van der Waals surface area contributed by atoms with E-state index >= 15 is 0 Å². The molecule has 2 amide bonds. The zero-order valence-electron chi connectivity index (χ0n) is 25.4. The van der Waals surface area contributed by atoms with Crippen LogP contribution in [0.15, 0.2) is 57.5 Å². The number of rotatable bonds is 20. The number of benzene rings is 2. The zero-order chi connectivity index (χ0) is 30.7. The predicted octanol–water partition coefficient (Wildman–Crippen LogP) is 10.1. The Morgan fingerprint density at radius 2 is 1.05 bits per heavy atom. The number of esters is 1. The van der Waals surface area contributed by atoms with Crippen molar-refractivity contribution >= 4 is 61.0 Å². The third-order valence-electron chi connectivity index (χ3n) is 7.07. The monoisotopic (exact) mass is 706 g/mol. The molecule has 0 spiro atoms. The third-order valence-corrected chi connectivity index (χ3v) is 8.13. The van der Waals surface area contributed by atoms with Crippen LogP contribution in [0, 0.1) is 11.8 Å². The zero-order valence-corrected chi connectivity index (χ0v) is 28.6. The molecule has 8 heteroatoms. The van der Waals surface area contributed by atoms with E-state index in [-0.39, 0.29) is 43.0 Å². The molecule has 6 nitrogen and oxygen atoms in total. The van der Waals surface area contributed by atoms with Gasteiger partial charge in [0, 0.05) is 33.2 Å². The van der Waals surface area contributed by atoms with E-state index in [1.54, 1.807) is 0 Å². The third kappa shape index (κ3) is 17.1. The van der Waals surface area contributed by atoms with Crippen molar-refractivity contribution in [2.75, 3.05) is 10.6 Å². The van der Waals surface area contributed by atoms with Gasteiger partial charge in [-0.25, -0.2) is 0 Å². The topological polar surface area (TPSA) is 84.5 Å². The average Bonchev–Trinajstić information content (AvgIpc) is 2.91. The van der Waals surface area contributed by atoms with E-state index in [0.29, 0.717) is 17.8 Å². The van der Waals surface area contributed by atoms with E-state index in [4.69, 9.17) is 4.74 Å². The number of ether oxygens (including phenoxy) is 1. The van der Waals surface area contributed by atoms with Crippen molar-refractivity contribution in [2.45, 2.75) is 110 Å². The normalized spacial score (nSPS) is 12.5. The van der Waals surface area contributed by atoms with Crippen molar-refractivity contribution in [3.05, 3.63) is 57.5 Å². The highest BCUT2D eigenvalue weighted by Gasteiger charge is 2.21. The summed E-state index contributed by atoms with van der Waals surface area (Å²) in [5.41, 5.74) is 1.41. The average molecular weight is 709 g/mol.